The number of likely N-dealkylation sites (tertiary alicyclic amines) is 1. The second kappa shape index (κ2) is 8.90. The van der Waals surface area contributed by atoms with E-state index in [4.69, 9.17) is 0 Å². The van der Waals surface area contributed by atoms with E-state index in [-0.39, 0.29) is 23.9 Å². The molecule has 2 atom stereocenters. The van der Waals surface area contributed by atoms with Crippen LogP contribution >= 0.6 is 0 Å². The zero-order valence-electron chi connectivity index (χ0n) is 17.5. The lowest BCUT2D eigenvalue weighted by Gasteiger charge is -2.30. The highest BCUT2D eigenvalue weighted by Gasteiger charge is 2.40. The molecule has 0 radical (unpaired) electrons. The number of amides is 1. The Morgan fingerprint density at radius 3 is 2.40 bits per heavy atom. The van der Waals surface area contributed by atoms with E-state index in [0.717, 1.165) is 42.4 Å². The van der Waals surface area contributed by atoms with Gasteiger partial charge in [-0.3, -0.25) is 4.79 Å². The SMILES string of the molecule is CS(=O)(=O)N[C@H]1CCN(C(=O)C2CCCC2)[C@H]1Cc1cccc(-c2ccccc2)c1. The molecule has 2 aromatic carbocycles. The molecule has 0 aromatic heterocycles. The molecular weight excluding hydrogens is 396 g/mol. The Balaban J connectivity index is 1.59. The van der Waals surface area contributed by atoms with Crippen LogP contribution in [0.25, 0.3) is 11.1 Å². The van der Waals surface area contributed by atoms with Gasteiger partial charge in [-0.1, -0.05) is 67.4 Å². The monoisotopic (exact) mass is 426 g/mol. The molecule has 1 heterocycles. The Morgan fingerprint density at radius 1 is 1.00 bits per heavy atom. The molecule has 2 aromatic rings. The molecule has 2 aliphatic rings. The van der Waals surface area contributed by atoms with Crippen molar-refractivity contribution in [3.8, 4) is 11.1 Å². The first-order chi connectivity index (χ1) is 14.4. The first kappa shape index (κ1) is 21.1. The third-order valence-electron chi connectivity index (χ3n) is 6.38. The van der Waals surface area contributed by atoms with Gasteiger partial charge in [-0.15, -0.1) is 0 Å². The Kier molecular flexibility index (Phi) is 6.25. The van der Waals surface area contributed by atoms with Crippen LogP contribution in [0.5, 0.6) is 0 Å². The Hall–Kier alpha value is -2.18. The van der Waals surface area contributed by atoms with E-state index in [0.29, 0.717) is 19.4 Å². The Bertz CT molecular complexity index is 985. The van der Waals surface area contributed by atoms with Crippen molar-refractivity contribution < 1.29 is 13.2 Å². The van der Waals surface area contributed by atoms with Crippen molar-refractivity contribution in [1.29, 1.82) is 0 Å². The molecule has 2 fully saturated rings. The number of rotatable bonds is 6. The highest BCUT2D eigenvalue weighted by Crippen LogP contribution is 2.31. The predicted octanol–water partition coefficient (Wildman–Crippen LogP) is 3.61. The lowest BCUT2D eigenvalue weighted by molar-refractivity contribution is -0.136. The summed E-state index contributed by atoms with van der Waals surface area (Å²) in [6.07, 6.45) is 6.63. The molecule has 1 saturated heterocycles. The fourth-order valence-corrected chi connectivity index (χ4v) is 5.77. The highest BCUT2D eigenvalue weighted by molar-refractivity contribution is 7.88. The minimum Gasteiger partial charge on any atom is -0.337 e. The number of nitrogens with zero attached hydrogens (tertiary/aromatic N) is 1. The summed E-state index contributed by atoms with van der Waals surface area (Å²) in [5, 5.41) is 0. The maximum absolute atomic E-state index is 13.2. The molecule has 1 N–H and O–H groups in total. The molecule has 0 unspecified atom stereocenters. The van der Waals surface area contributed by atoms with Crippen molar-refractivity contribution in [2.24, 2.45) is 5.92 Å². The molecule has 5 nitrogen and oxygen atoms in total. The number of sulfonamides is 1. The van der Waals surface area contributed by atoms with Gasteiger partial charge in [-0.05, 0) is 42.4 Å². The zero-order chi connectivity index (χ0) is 21.1. The van der Waals surface area contributed by atoms with Gasteiger partial charge in [-0.25, -0.2) is 13.1 Å². The van der Waals surface area contributed by atoms with Gasteiger partial charge in [-0.2, -0.15) is 0 Å². The van der Waals surface area contributed by atoms with E-state index in [1.165, 1.54) is 6.26 Å². The molecule has 1 aliphatic heterocycles. The normalized spacial score (nSPS) is 22.5. The van der Waals surface area contributed by atoms with Gasteiger partial charge in [0.15, 0.2) is 0 Å². The lowest BCUT2D eigenvalue weighted by atomic mass is 9.96. The molecule has 0 bridgehead atoms. The van der Waals surface area contributed by atoms with E-state index in [1.54, 1.807) is 0 Å². The third kappa shape index (κ3) is 4.93. The van der Waals surface area contributed by atoms with Crippen LogP contribution in [-0.4, -0.2) is 44.1 Å². The van der Waals surface area contributed by atoms with Gasteiger partial charge in [0.25, 0.3) is 0 Å². The number of benzene rings is 2. The maximum atomic E-state index is 13.2. The van der Waals surface area contributed by atoms with Gasteiger partial charge >= 0.3 is 0 Å². The predicted molar refractivity (Wildman–Crippen MR) is 119 cm³/mol. The van der Waals surface area contributed by atoms with E-state index in [9.17, 15) is 13.2 Å². The van der Waals surface area contributed by atoms with Crippen LogP contribution in [0.1, 0.15) is 37.7 Å². The van der Waals surface area contributed by atoms with E-state index in [1.807, 2.05) is 29.2 Å². The summed E-state index contributed by atoms with van der Waals surface area (Å²) in [5.41, 5.74) is 3.40. The molecule has 160 valence electrons. The van der Waals surface area contributed by atoms with E-state index in [2.05, 4.69) is 35.1 Å². The number of carbonyl (C=O) groups excluding carboxylic acids is 1. The Labute approximate surface area is 179 Å². The molecule has 0 spiro atoms. The van der Waals surface area contributed by atoms with Crippen molar-refractivity contribution in [1.82, 2.24) is 9.62 Å². The van der Waals surface area contributed by atoms with Gasteiger partial charge in [0, 0.05) is 18.5 Å². The van der Waals surface area contributed by atoms with Gasteiger partial charge in [0.1, 0.15) is 0 Å². The molecule has 6 heteroatoms. The van der Waals surface area contributed by atoms with Gasteiger partial charge in [0.05, 0.1) is 12.3 Å². The minimum absolute atomic E-state index is 0.0973. The summed E-state index contributed by atoms with van der Waals surface area (Å²) in [7, 11) is -3.34. The number of nitrogens with one attached hydrogen (secondary N) is 1. The Morgan fingerprint density at radius 2 is 1.70 bits per heavy atom. The van der Waals surface area contributed by atoms with E-state index < -0.39 is 10.0 Å². The van der Waals surface area contributed by atoms with Crippen LogP contribution in [0.4, 0.5) is 0 Å². The average molecular weight is 427 g/mol. The standard InChI is InChI=1S/C24H30N2O3S/c1-30(28,29)25-22-14-15-26(24(27)20-11-5-6-12-20)23(22)17-18-8-7-13-21(16-18)19-9-3-2-4-10-19/h2-4,7-10,13,16,20,22-23,25H,5-6,11-12,14-15,17H2,1H3/t22-,23-/m0/s1. The maximum Gasteiger partial charge on any atom is 0.225 e. The van der Waals surface area contributed by atoms with Crippen molar-refractivity contribution in [2.45, 2.75) is 50.6 Å². The van der Waals surface area contributed by atoms with Crippen molar-refractivity contribution in [3.63, 3.8) is 0 Å². The highest BCUT2D eigenvalue weighted by atomic mass is 32.2. The van der Waals surface area contributed by atoms with Crippen LogP contribution in [0.2, 0.25) is 0 Å². The quantitative estimate of drug-likeness (QED) is 0.767. The minimum atomic E-state index is -3.34. The molecular formula is C24H30N2O3S. The lowest BCUT2D eigenvalue weighted by Crippen LogP contribution is -2.48. The van der Waals surface area contributed by atoms with Crippen molar-refractivity contribution in [3.05, 3.63) is 60.2 Å². The van der Waals surface area contributed by atoms with Crippen LogP contribution in [0.3, 0.4) is 0 Å². The smallest absolute Gasteiger partial charge is 0.225 e. The second-order valence-electron chi connectivity index (χ2n) is 8.64. The second-order valence-corrected chi connectivity index (χ2v) is 10.4. The van der Waals surface area contributed by atoms with Crippen LogP contribution in [0, 0.1) is 5.92 Å². The molecule has 1 amide bonds. The first-order valence-electron chi connectivity index (χ1n) is 10.8. The average Bonchev–Trinajstić information content (AvgIpc) is 3.39. The van der Waals surface area contributed by atoms with E-state index >= 15 is 0 Å². The molecule has 4 rings (SSSR count). The van der Waals surface area contributed by atoms with Gasteiger partial charge < -0.3 is 4.90 Å². The molecule has 30 heavy (non-hydrogen) atoms. The summed E-state index contributed by atoms with van der Waals surface area (Å²) in [6, 6.07) is 18.2. The largest absolute Gasteiger partial charge is 0.337 e. The van der Waals surface area contributed by atoms with Crippen LogP contribution in [0.15, 0.2) is 54.6 Å². The fraction of sp³-hybridized carbons (Fsp3) is 0.458. The third-order valence-corrected chi connectivity index (χ3v) is 7.11. The number of hydrogen-bond donors (Lipinski definition) is 1. The zero-order valence-corrected chi connectivity index (χ0v) is 18.3. The molecule has 1 aliphatic carbocycles. The van der Waals surface area contributed by atoms with Gasteiger partial charge in [0.2, 0.25) is 15.9 Å². The summed E-state index contributed by atoms with van der Waals surface area (Å²) in [5.74, 6) is 0.301. The first-order valence-corrected chi connectivity index (χ1v) is 12.7. The fourth-order valence-electron chi connectivity index (χ4n) is 4.95. The summed E-state index contributed by atoms with van der Waals surface area (Å²) in [6.45, 7) is 0.617. The summed E-state index contributed by atoms with van der Waals surface area (Å²) >= 11 is 0. The van der Waals surface area contributed by atoms with Crippen LogP contribution in [-0.2, 0) is 21.2 Å². The van der Waals surface area contributed by atoms with Crippen molar-refractivity contribution in [2.75, 3.05) is 12.8 Å². The topological polar surface area (TPSA) is 66.5 Å². The van der Waals surface area contributed by atoms with Crippen LogP contribution < -0.4 is 4.72 Å². The summed E-state index contributed by atoms with van der Waals surface area (Å²) < 4.78 is 26.7. The summed E-state index contributed by atoms with van der Waals surface area (Å²) in [4.78, 5) is 15.1. The van der Waals surface area contributed by atoms with Crippen molar-refractivity contribution >= 4 is 15.9 Å². The number of carbonyl (C=O) groups is 1. The number of hydrogen-bond acceptors (Lipinski definition) is 3. The molecule has 1 saturated carbocycles.